The number of benzene rings is 1. The molecule has 0 aliphatic carbocycles. The first kappa shape index (κ1) is 9.69. The summed E-state index contributed by atoms with van der Waals surface area (Å²) >= 11 is 0. The molecule has 0 saturated heterocycles. The smallest absolute Gasteiger partial charge is 0.121 e. The zero-order valence-electron chi connectivity index (χ0n) is 8.78. The number of fused-ring (bicyclic) bond motifs is 1. The van der Waals surface area contributed by atoms with E-state index in [9.17, 15) is 0 Å². The van der Waals surface area contributed by atoms with E-state index < -0.39 is 0 Å². The van der Waals surface area contributed by atoms with E-state index in [1.165, 1.54) is 0 Å². The summed E-state index contributed by atoms with van der Waals surface area (Å²) in [5.41, 5.74) is 2.30. The van der Waals surface area contributed by atoms with Gasteiger partial charge in [0.1, 0.15) is 17.4 Å². The molecule has 0 fully saturated rings. The minimum absolute atomic E-state index is 0.619. The molecular formula is C11H12N4. The number of nitrogens with zero attached hydrogens (tertiary/aromatic N) is 3. The standard InChI is InChI=1S/C11H12N4/c1-15(2)7-10-13-9-5-3-4-8(6-12)11(9)14-10/h3-5H,7H2,1-2H3,(H,13,14). The number of aromatic amines is 1. The van der Waals surface area contributed by atoms with Gasteiger partial charge in [-0.3, -0.25) is 0 Å². The molecule has 4 nitrogen and oxygen atoms in total. The third-order valence-corrected chi connectivity index (χ3v) is 2.15. The Kier molecular flexibility index (Phi) is 2.40. The van der Waals surface area contributed by atoms with Crippen molar-refractivity contribution in [2.24, 2.45) is 0 Å². The largest absolute Gasteiger partial charge is 0.341 e. The molecule has 1 aromatic carbocycles. The Morgan fingerprint density at radius 3 is 2.93 bits per heavy atom. The Bertz CT molecular complexity index is 519. The number of nitrogens with one attached hydrogen (secondary N) is 1. The third-order valence-electron chi connectivity index (χ3n) is 2.15. The average molecular weight is 200 g/mol. The van der Waals surface area contributed by atoms with E-state index >= 15 is 0 Å². The van der Waals surface area contributed by atoms with Crippen molar-refractivity contribution in [3.05, 3.63) is 29.6 Å². The van der Waals surface area contributed by atoms with E-state index in [4.69, 9.17) is 5.26 Å². The molecular weight excluding hydrogens is 188 g/mol. The number of H-pyrrole nitrogens is 1. The molecule has 1 N–H and O–H groups in total. The summed E-state index contributed by atoms with van der Waals surface area (Å²) in [5.74, 6) is 0.887. The zero-order chi connectivity index (χ0) is 10.8. The number of hydrogen-bond acceptors (Lipinski definition) is 3. The Labute approximate surface area is 88.2 Å². The molecule has 0 aliphatic heterocycles. The molecule has 1 heterocycles. The van der Waals surface area contributed by atoms with Crippen molar-refractivity contribution in [2.45, 2.75) is 6.54 Å². The van der Waals surface area contributed by atoms with Gasteiger partial charge < -0.3 is 9.88 Å². The second-order valence-electron chi connectivity index (χ2n) is 3.73. The van der Waals surface area contributed by atoms with Crippen molar-refractivity contribution in [1.82, 2.24) is 14.9 Å². The van der Waals surface area contributed by atoms with Crippen LogP contribution in [0.2, 0.25) is 0 Å². The average Bonchev–Trinajstić information content (AvgIpc) is 2.58. The van der Waals surface area contributed by atoms with Gasteiger partial charge in [0, 0.05) is 0 Å². The summed E-state index contributed by atoms with van der Waals surface area (Å²) in [6.45, 7) is 0.750. The van der Waals surface area contributed by atoms with E-state index in [0.29, 0.717) is 5.56 Å². The van der Waals surface area contributed by atoms with Crippen LogP contribution in [0.3, 0.4) is 0 Å². The lowest BCUT2D eigenvalue weighted by molar-refractivity contribution is 0.392. The lowest BCUT2D eigenvalue weighted by Gasteiger charge is -2.04. The number of rotatable bonds is 2. The number of imidazole rings is 1. The maximum absolute atomic E-state index is 8.91. The monoisotopic (exact) mass is 200 g/mol. The molecule has 4 heteroatoms. The van der Waals surface area contributed by atoms with E-state index in [1.807, 2.05) is 31.1 Å². The van der Waals surface area contributed by atoms with Gasteiger partial charge in [0.25, 0.3) is 0 Å². The lowest BCUT2D eigenvalue weighted by Crippen LogP contribution is -2.11. The van der Waals surface area contributed by atoms with Crippen LogP contribution in [0.1, 0.15) is 11.4 Å². The molecule has 76 valence electrons. The summed E-state index contributed by atoms with van der Waals surface area (Å²) in [6.07, 6.45) is 0. The van der Waals surface area contributed by atoms with Gasteiger partial charge in [0.2, 0.25) is 0 Å². The van der Waals surface area contributed by atoms with Crippen molar-refractivity contribution in [3.63, 3.8) is 0 Å². The molecule has 1 aromatic heterocycles. The van der Waals surface area contributed by atoms with Crippen LogP contribution in [-0.2, 0) is 6.54 Å². The van der Waals surface area contributed by atoms with Gasteiger partial charge in [-0.25, -0.2) is 4.98 Å². The molecule has 0 amide bonds. The number of para-hydroxylation sites is 1. The first-order valence-electron chi connectivity index (χ1n) is 4.73. The van der Waals surface area contributed by atoms with Crippen molar-refractivity contribution in [1.29, 1.82) is 5.26 Å². The molecule has 0 aliphatic rings. The van der Waals surface area contributed by atoms with Gasteiger partial charge in [-0.15, -0.1) is 0 Å². The van der Waals surface area contributed by atoms with Crippen molar-refractivity contribution < 1.29 is 0 Å². The predicted molar refractivity (Wildman–Crippen MR) is 58.2 cm³/mol. The summed E-state index contributed by atoms with van der Waals surface area (Å²) < 4.78 is 0. The van der Waals surface area contributed by atoms with Crippen LogP contribution in [0.25, 0.3) is 11.0 Å². The van der Waals surface area contributed by atoms with Crippen LogP contribution in [0.15, 0.2) is 18.2 Å². The molecule has 0 bridgehead atoms. The summed E-state index contributed by atoms with van der Waals surface area (Å²) in [5, 5.41) is 8.91. The van der Waals surface area contributed by atoms with Crippen LogP contribution < -0.4 is 0 Å². The number of nitriles is 1. The van der Waals surface area contributed by atoms with E-state index in [-0.39, 0.29) is 0 Å². The van der Waals surface area contributed by atoms with E-state index in [2.05, 4.69) is 16.0 Å². The Morgan fingerprint density at radius 2 is 2.27 bits per heavy atom. The quantitative estimate of drug-likeness (QED) is 0.799. The van der Waals surface area contributed by atoms with Crippen LogP contribution in [0, 0.1) is 11.3 Å². The molecule has 2 aromatic rings. The normalized spacial score (nSPS) is 10.8. The highest BCUT2D eigenvalue weighted by molar-refractivity contribution is 5.81. The molecule has 0 spiro atoms. The van der Waals surface area contributed by atoms with Crippen LogP contribution in [-0.4, -0.2) is 29.0 Å². The fourth-order valence-electron chi connectivity index (χ4n) is 1.55. The molecule has 15 heavy (non-hydrogen) atoms. The first-order valence-corrected chi connectivity index (χ1v) is 4.73. The summed E-state index contributed by atoms with van der Waals surface area (Å²) in [6, 6.07) is 7.71. The van der Waals surface area contributed by atoms with E-state index in [1.54, 1.807) is 6.07 Å². The van der Waals surface area contributed by atoms with E-state index in [0.717, 1.165) is 23.4 Å². The van der Waals surface area contributed by atoms with Gasteiger partial charge in [0.15, 0.2) is 0 Å². The van der Waals surface area contributed by atoms with Gasteiger partial charge in [-0.05, 0) is 26.2 Å². The highest BCUT2D eigenvalue weighted by atomic mass is 15.1. The minimum atomic E-state index is 0.619. The van der Waals surface area contributed by atoms with Crippen LogP contribution >= 0.6 is 0 Å². The van der Waals surface area contributed by atoms with Gasteiger partial charge >= 0.3 is 0 Å². The molecule has 0 saturated carbocycles. The summed E-state index contributed by atoms with van der Waals surface area (Å²) in [7, 11) is 3.97. The van der Waals surface area contributed by atoms with Crippen molar-refractivity contribution in [3.8, 4) is 6.07 Å². The van der Waals surface area contributed by atoms with Gasteiger partial charge in [0.05, 0.1) is 17.6 Å². The van der Waals surface area contributed by atoms with Crippen molar-refractivity contribution in [2.75, 3.05) is 14.1 Å². The highest BCUT2D eigenvalue weighted by Crippen LogP contribution is 2.15. The third kappa shape index (κ3) is 1.83. The fraction of sp³-hybridized carbons (Fsp3) is 0.273. The maximum Gasteiger partial charge on any atom is 0.121 e. The van der Waals surface area contributed by atoms with Gasteiger partial charge in [-0.1, -0.05) is 6.07 Å². The topological polar surface area (TPSA) is 55.7 Å². The predicted octanol–water partition coefficient (Wildman–Crippen LogP) is 1.50. The SMILES string of the molecule is CN(C)Cc1nc2c(C#N)cccc2[nH]1. The summed E-state index contributed by atoms with van der Waals surface area (Å²) in [4.78, 5) is 9.63. The van der Waals surface area contributed by atoms with Gasteiger partial charge in [-0.2, -0.15) is 5.26 Å². The number of aromatic nitrogens is 2. The second-order valence-corrected chi connectivity index (χ2v) is 3.73. The van der Waals surface area contributed by atoms with Crippen LogP contribution in [0.5, 0.6) is 0 Å². The molecule has 0 radical (unpaired) electrons. The second kappa shape index (κ2) is 3.71. The minimum Gasteiger partial charge on any atom is -0.341 e. The highest BCUT2D eigenvalue weighted by Gasteiger charge is 2.06. The Morgan fingerprint density at radius 1 is 1.47 bits per heavy atom. The number of hydrogen-bond donors (Lipinski definition) is 1. The Hall–Kier alpha value is -1.86. The lowest BCUT2D eigenvalue weighted by atomic mass is 10.2. The van der Waals surface area contributed by atoms with Crippen LogP contribution in [0.4, 0.5) is 0 Å². The fourth-order valence-corrected chi connectivity index (χ4v) is 1.55. The molecule has 2 rings (SSSR count). The Balaban J connectivity index is 2.51. The zero-order valence-corrected chi connectivity index (χ0v) is 8.78. The molecule has 0 atom stereocenters. The maximum atomic E-state index is 8.91. The first-order chi connectivity index (χ1) is 7.20. The molecule has 0 unspecified atom stereocenters. The van der Waals surface area contributed by atoms with Crippen molar-refractivity contribution >= 4 is 11.0 Å².